The molecule has 0 saturated carbocycles. The second-order valence-corrected chi connectivity index (χ2v) is 3.16. The largest absolute Gasteiger partial charge is 0.342 e. The van der Waals surface area contributed by atoms with Crippen molar-refractivity contribution in [2.24, 2.45) is 0 Å². The highest BCUT2D eigenvalue weighted by molar-refractivity contribution is 6.17. The normalized spacial score (nSPS) is 10.9. The summed E-state index contributed by atoms with van der Waals surface area (Å²) >= 11 is 5.56. The third-order valence-corrected chi connectivity index (χ3v) is 2.01. The number of rotatable bonds is 2. The number of H-pyrrole nitrogens is 1. The minimum Gasteiger partial charge on any atom is -0.342 e. The van der Waals surface area contributed by atoms with Crippen molar-refractivity contribution in [3.63, 3.8) is 0 Å². The summed E-state index contributed by atoms with van der Waals surface area (Å²) in [6.07, 6.45) is 0.678. The Morgan fingerprint density at radius 2 is 2.31 bits per heavy atom. The van der Waals surface area contributed by atoms with E-state index in [0.717, 1.165) is 16.9 Å². The van der Waals surface area contributed by atoms with E-state index in [-0.39, 0.29) is 5.82 Å². The molecule has 0 aliphatic rings. The zero-order valence-electron chi connectivity index (χ0n) is 6.85. The molecule has 2 rings (SSSR count). The van der Waals surface area contributed by atoms with E-state index in [2.05, 4.69) is 9.97 Å². The van der Waals surface area contributed by atoms with Gasteiger partial charge in [0.05, 0.1) is 11.0 Å². The number of nitrogens with zero attached hydrogens (tertiary/aromatic N) is 1. The van der Waals surface area contributed by atoms with E-state index >= 15 is 0 Å². The number of nitrogens with one attached hydrogen (secondary N) is 1. The molecular formula is C9H8ClFN2. The molecule has 0 aliphatic heterocycles. The van der Waals surface area contributed by atoms with Crippen LogP contribution in [-0.2, 0) is 6.42 Å². The molecule has 0 radical (unpaired) electrons. The van der Waals surface area contributed by atoms with Crippen LogP contribution >= 0.6 is 11.6 Å². The zero-order chi connectivity index (χ0) is 9.26. The Morgan fingerprint density at radius 1 is 1.46 bits per heavy atom. The maximum absolute atomic E-state index is 12.8. The Morgan fingerprint density at radius 3 is 3.08 bits per heavy atom. The van der Waals surface area contributed by atoms with Gasteiger partial charge in [0.1, 0.15) is 11.6 Å². The van der Waals surface area contributed by atoms with Crippen molar-refractivity contribution >= 4 is 22.6 Å². The molecule has 13 heavy (non-hydrogen) atoms. The Labute approximate surface area is 79.7 Å². The second kappa shape index (κ2) is 3.34. The van der Waals surface area contributed by atoms with Crippen LogP contribution in [0.3, 0.4) is 0 Å². The average Bonchev–Trinajstić information content (AvgIpc) is 2.46. The first-order chi connectivity index (χ1) is 6.29. The van der Waals surface area contributed by atoms with Gasteiger partial charge < -0.3 is 4.98 Å². The van der Waals surface area contributed by atoms with Crippen molar-refractivity contribution in [3.8, 4) is 0 Å². The van der Waals surface area contributed by atoms with Crippen LogP contribution in [0.1, 0.15) is 5.82 Å². The standard InChI is InChI=1S/C9H8ClFN2/c10-4-3-9-12-7-2-1-6(11)5-8(7)13-9/h1-2,5H,3-4H2,(H,12,13). The molecule has 1 aromatic heterocycles. The summed E-state index contributed by atoms with van der Waals surface area (Å²) in [5.41, 5.74) is 1.50. The number of fused-ring (bicyclic) bond motifs is 1. The first kappa shape index (κ1) is 8.51. The lowest BCUT2D eigenvalue weighted by Gasteiger charge is -1.86. The molecule has 0 aliphatic carbocycles. The predicted octanol–water partition coefficient (Wildman–Crippen LogP) is 2.48. The van der Waals surface area contributed by atoms with Crippen LogP contribution in [0.5, 0.6) is 0 Å². The highest BCUT2D eigenvalue weighted by atomic mass is 35.5. The number of hydrogen-bond donors (Lipinski definition) is 1. The molecular weight excluding hydrogens is 191 g/mol. The fourth-order valence-corrected chi connectivity index (χ4v) is 1.42. The van der Waals surface area contributed by atoms with Crippen LogP contribution in [0.25, 0.3) is 11.0 Å². The Balaban J connectivity index is 2.49. The van der Waals surface area contributed by atoms with E-state index in [4.69, 9.17) is 11.6 Å². The fraction of sp³-hybridized carbons (Fsp3) is 0.222. The predicted molar refractivity (Wildman–Crippen MR) is 50.5 cm³/mol. The molecule has 0 unspecified atom stereocenters. The monoisotopic (exact) mass is 198 g/mol. The van der Waals surface area contributed by atoms with Crippen LogP contribution in [0, 0.1) is 5.82 Å². The van der Waals surface area contributed by atoms with E-state index < -0.39 is 0 Å². The van der Waals surface area contributed by atoms with Gasteiger partial charge in [0.15, 0.2) is 0 Å². The van der Waals surface area contributed by atoms with Crippen LogP contribution in [0.2, 0.25) is 0 Å². The van der Waals surface area contributed by atoms with Gasteiger partial charge in [-0.05, 0) is 18.2 Å². The minimum atomic E-state index is -0.256. The summed E-state index contributed by atoms with van der Waals surface area (Å²) in [6.45, 7) is 0. The van der Waals surface area contributed by atoms with Crippen molar-refractivity contribution in [3.05, 3.63) is 29.8 Å². The molecule has 1 aromatic carbocycles. The number of aryl methyl sites for hydroxylation is 1. The van der Waals surface area contributed by atoms with E-state index in [1.165, 1.54) is 12.1 Å². The molecule has 1 N–H and O–H groups in total. The number of benzene rings is 1. The molecule has 4 heteroatoms. The number of aromatic nitrogens is 2. The van der Waals surface area contributed by atoms with Gasteiger partial charge in [0.2, 0.25) is 0 Å². The third kappa shape index (κ3) is 1.65. The summed E-state index contributed by atoms with van der Waals surface area (Å²) in [6, 6.07) is 4.48. The van der Waals surface area contributed by atoms with E-state index in [1.807, 2.05) is 0 Å². The third-order valence-electron chi connectivity index (χ3n) is 1.82. The number of hydrogen-bond acceptors (Lipinski definition) is 1. The minimum absolute atomic E-state index is 0.256. The molecule has 0 spiro atoms. The van der Waals surface area contributed by atoms with Crippen molar-refractivity contribution in [1.82, 2.24) is 9.97 Å². The molecule has 0 saturated heterocycles. The van der Waals surface area contributed by atoms with Gasteiger partial charge in [-0.1, -0.05) is 0 Å². The summed E-state index contributed by atoms with van der Waals surface area (Å²) in [4.78, 5) is 7.24. The van der Waals surface area contributed by atoms with Crippen molar-refractivity contribution in [2.75, 3.05) is 5.88 Å². The highest BCUT2D eigenvalue weighted by Gasteiger charge is 2.02. The second-order valence-electron chi connectivity index (χ2n) is 2.78. The summed E-state index contributed by atoms with van der Waals surface area (Å²) < 4.78 is 12.8. The Bertz CT molecular complexity index is 424. The summed E-state index contributed by atoms with van der Waals surface area (Å²) in [7, 11) is 0. The topological polar surface area (TPSA) is 28.7 Å². The maximum atomic E-state index is 12.8. The first-order valence-corrected chi connectivity index (χ1v) is 4.53. The molecule has 0 amide bonds. The first-order valence-electron chi connectivity index (χ1n) is 4.00. The Kier molecular flexibility index (Phi) is 2.19. The van der Waals surface area contributed by atoms with Crippen LogP contribution in [-0.4, -0.2) is 15.8 Å². The van der Waals surface area contributed by atoms with Gasteiger partial charge >= 0.3 is 0 Å². The van der Waals surface area contributed by atoms with Crippen molar-refractivity contribution in [2.45, 2.75) is 6.42 Å². The molecule has 2 aromatic rings. The zero-order valence-corrected chi connectivity index (χ0v) is 7.61. The van der Waals surface area contributed by atoms with Gasteiger partial charge in [0, 0.05) is 12.3 Å². The highest BCUT2D eigenvalue weighted by Crippen LogP contribution is 2.13. The summed E-state index contributed by atoms with van der Waals surface area (Å²) in [5, 5.41) is 0. The lowest BCUT2D eigenvalue weighted by molar-refractivity contribution is 0.629. The number of halogens is 2. The maximum Gasteiger partial charge on any atom is 0.125 e. The van der Waals surface area contributed by atoms with Crippen LogP contribution in [0.15, 0.2) is 18.2 Å². The van der Waals surface area contributed by atoms with E-state index in [1.54, 1.807) is 6.07 Å². The van der Waals surface area contributed by atoms with Gasteiger partial charge in [-0.2, -0.15) is 0 Å². The Hall–Kier alpha value is -1.09. The molecule has 0 fully saturated rings. The number of aromatic amines is 1. The quantitative estimate of drug-likeness (QED) is 0.738. The fourth-order valence-electron chi connectivity index (χ4n) is 1.24. The SMILES string of the molecule is Fc1ccc2nc(CCCl)[nH]c2c1. The average molecular weight is 199 g/mol. The van der Waals surface area contributed by atoms with Crippen LogP contribution < -0.4 is 0 Å². The van der Waals surface area contributed by atoms with Gasteiger partial charge in [-0.3, -0.25) is 0 Å². The van der Waals surface area contributed by atoms with Gasteiger partial charge in [-0.25, -0.2) is 9.37 Å². The van der Waals surface area contributed by atoms with Crippen molar-refractivity contribution < 1.29 is 4.39 Å². The molecule has 1 heterocycles. The smallest absolute Gasteiger partial charge is 0.125 e. The molecule has 0 atom stereocenters. The van der Waals surface area contributed by atoms with Gasteiger partial charge in [-0.15, -0.1) is 11.6 Å². The molecule has 2 nitrogen and oxygen atoms in total. The van der Waals surface area contributed by atoms with Gasteiger partial charge in [0.25, 0.3) is 0 Å². The summed E-state index contributed by atoms with van der Waals surface area (Å²) in [5.74, 6) is 1.06. The van der Waals surface area contributed by atoms with Crippen LogP contribution in [0.4, 0.5) is 4.39 Å². The van der Waals surface area contributed by atoms with E-state index in [0.29, 0.717) is 12.3 Å². The molecule has 68 valence electrons. The lowest BCUT2D eigenvalue weighted by atomic mass is 10.3. The van der Waals surface area contributed by atoms with Crippen molar-refractivity contribution in [1.29, 1.82) is 0 Å². The van der Waals surface area contributed by atoms with E-state index in [9.17, 15) is 4.39 Å². The lowest BCUT2D eigenvalue weighted by Crippen LogP contribution is -1.87. The molecule has 0 bridgehead atoms. The number of imidazole rings is 1. The number of alkyl halides is 1.